The first-order valence-electron chi connectivity index (χ1n) is 6.56. The molecule has 1 aromatic carbocycles. The molecule has 0 saturated heterocycles. The molecule has 3 rings (SSSR count). The number of Topliss-reactive ketones (excluding diaryl/α,β-unsaturated/α-hetero) is 1. The Balaban J connectivity index is 1.92. The lowest BCUT2D eigenvalue weighted by molar-refractivity contribution is 0.0979. The predicted octanol–water partition coefficient (Wildman–Crippen LogP) is 2.11. The first-order valence-corrected chi connectivity index (χ1v) is 6.56. The average molecular weight is 279 g/mol. The van der Waals surface area contributed by atoms with E-state index in [-0.39, 0.29) is 5.78 Å². The van der Waals surface area contributed by atoms with Crippen LogP contribution in [0.3, 0.4) is 0 Å². The molecule has 0 atom stereocenters. The Bertz CT molecular complexity index is 750. The van der Waals surface area contributed by atoms with E-state index in [9.17, 15) is 4.79 Å². The third kappa shape index (κ3) is 2.54. The van der Waals surface area contributed by atoms with Crippen LogP contribution >= 0.6 is 0 Å². The standard InChI is InChI=1S/C15H13N5O/c1-20-6-5-13(21)12-9-17-15(19-14(12)20)18-11-4-2-3-10(7-11)8-16/h2-4,7,9H,5-6H2,1H3,(H,17,18,19). The van der Waals surface area contributed by atoms with Crippen LogP contribution in [0.4, 0.5) is 17.5 Å². The average Bonchev–Trinajstić information content (AvgIpc) is 2.51. The number of hydrogen-bond acceptors (Lipinski definition) is 6. The Morgan fingerprint density at radius 3 is 3.10 bits per heavy atom. The number of rotatable bonds is 2. The predicted molar refractivity (Wildman–Crippen MR) is 78.7 cm³/mol. The van der Waals surface area contributed by atoms with E-state index in [0.29, 0.717) is 35.9 Å². The zero-order valence-corrected chi connectivity index (χ0v) is 11.5. The number of anilines is 3. The molecule has 0 aliphatic carbocycles. The van der Waals surface area contributed by atoms with Gasteiger partial charge in [0, 0.05) is 31.9 Å². The molecule has 104 valence electrons. The van der Waals surface area contributed by atoms with E-state index in [4.69, 9.17) is 5.26 Å². The molecule has 6 nitrogen and oxygen atoms in total. The Hall–Kier alpha value is -2.94. The molecule has 21 heavy (non-hydrogen) atoms. The molecule has 6 heteroatoms. The van der Waals surface area contributed by atoms with Crippen molar-refractivity contribution >= 4 is 23.2 Å². The summed E-state index contributed by atoms with van der Waals surface area (Å²) in [7, 11) is 1.90. The first kappa shape index (κ1) is 13.1. The molecule has 0 amide bonds. The molecular formula is C15H13N5O. The molecule has 0 fully saturated rings. The van der Waals surface area contributed by atoms with Crippen molar-refractivity contribution in [3.05, 3.63) is 41.6 Å². The number of nitrogens with zero attached hydrogens (tertiary/aromatic N) is 4. The highest BCUT2D eigenvalue weighted by molar-refractivity contribution is 6.02. The van der Waals surface area contributed by atoms with Crippen LogP contribution in [0, 0.1) is 11.3 Å². The lowest BCUT2D eigenvalue weighted by atomic mass is 10.1. The second kappa shape index (κ2) is 5.21. The number of nitriles is 1. The van der Waals surface area contributed by atoms with Gasteiger partial charge in [0.2, 0.25) is 5.95 Å². The molecule has 0 radical (unpaired) electrons. The van der Waals surface area contributed by atoms with Gasteiger partial charge >= 0.3 is 0 Å². The highest BCUT2D eigenvalue weighted by atomic mass is 16.1. The van der Waals surface area contributed by atoms with E-state index >= 15 is 0 Å². The van der Waals surface area contributed by atoms with Crippen LogP contribution in [-0.2, 0) is 0 Å². The van der Waals surface area contributed by atoms with Gasteiger partial charge in [-0.25, -0.2) is 4.98 Å². The van der Waals surface area contributed by atoms with Crippen molar-refractivity contribution in [1.29, 1.82) is 5.26 Å². The minimum atomic E-state index is 0.0705. The van der Waals surface area contributed by atoms with Crippen molar-refractivity contribution in [3.63, 3.8) is 0 Å². The van der Waals surface area contributed by atoms with Gasteiger partial charge in [0.15, 0.2) is 5.78 Å². The first-order chi connectivity index (χ1) is 10.2. The fourth-order valence-electron chi connectivity index (χ4n) is 2.23. The number of nitrogens with one attached hydrogen (secondary N) is 1. The number of fused-ring (bicyclic) bond motifs is 1. The normalized spacial score (nSPS) is 13.5. The summed E-state index contributed by atoms with van der Waals surface area (Å²) in [6.45, 7) is 0.659. The number of hydrogen-bond donors (Lipinski definition) is 1. The van der Waals surface area contributed by atoms with E-state index in [1.807, 2.05) is 18.0 Å². The Kier molecular flexibility index (Phi) is 3.24. The minimum Gasteiger partial charge on any atom is -0.358 e. The van der Waals surface area contributed by atoms with Gasteiger partial charge in [-0.2, -0.15) is 10.2 Å². The van der Waals surface area contributed by atoms with Crippen LogP contribution in [-0.4, -0.2) is 29.3 Å². The fraction of sp³-hybridized carbons (Fsp3) is 0.200. The van der Waals surface area contributed by atoms with Crippen LogP contribution in [0.15, 0.2) is 30.5 Å². The third-order valence-corrected chi connectivity index (χ3v) is 3.35. The molecule has 0 bridgehead atoms. The number of aromatic nitrogens is 2. The number of benzene rings is 1. The van der Waals surface area contributed by atoms with E-state index < -0.39 is 0 Å². The van der Waals surface area contributed by atoms with Gasteiger partial charge in [-0.05, 0) is 18.2 Å². The second-order valence-corrected chi connectivity index (χ2v) is 4.84. The zero-order chi connectivity index (χ0) is 14.8. The molecule has 0 saturated carbocycles. The Morgan fingerprint density at radius 2 is 2.29 bits per heavy atom. The van der Waals surface area contributed by atoms with Gasteiger partial charge in [-0.15, -0.1) is 0 Å². The summed E-state index contributed by atoms with van der Waals surface area (Å²) in [6.07, 6.45) is 2.04. The zero-order valence-electron chi connectivity index (χ0n) is 11.5. The Morgan fingerprint density at radius 1 is 1.43 bits per heavy atom. The van der Waals surface area contributed by atoms with Crippen molar-refractivity contribution in [2.75, 3.05) is 23.8 Å². The monoisotopic (exact) mass is 279 g/mol. The maximum atomic E-state index is 11.8. The summed E-state index contributed by atoms with van der Waals surface area (Å²) >= 11 is 0. The van der Waals surface area contributed by atoms with Gasteiger partial charge in [-0.3, -0.25) is 4.79 Å². The van der Waals surface area contributed by atoms with E-state index in [0.717, 1.165) is 5.69 Å². The molecular weight excluding hydrogens is 266 g/mol. The quantitative estimate of drug-likeness (QED) is 0.906. The summed E-state index contributed by atoms with van der Waals surface area (Å²) in [4.78, 5) is 22.3. The number of ketones is 1. The molecule has 2 heterocycles. The van der Waals surface area contributed by atoms with E-state index in [1.165, 1.54) is 0 Å². The lowest BCUT2D eigenvalue weighted by Gasteiger charge is -2.25. The molecule has 1 N–H and O–H groups in total. The topological polar surface area (TPSA) is 81.9 Å². The molecule has 1 aliphatic rings. The molecule has 0 unspecified atom stereocenters. The van der Waals surface area contributed by atoms with E-state index in [1.54, 1.807) is 24.4 Å². The van der Waals surface area contributed by atoms with Gasteiger partial charge in [0.05, 0.1) is 17.2 Å². The fourth-order valence-corrected chi connectivity index (χ4v) is 2.23. The van der Waals surface area contributed by atoms with Gasteiger partial charge in [-0.1, -0.05) is 6.07 Å². The van der Waals surface area contributed by atoms with Crippen molar-refractivity contribution in [1.82, 2.24) is 9.97 Å². The van der Waals surface area contributed by atoms with Crippen LogP contribution < -0.4 is 10.2 Å². The maximum Gasteiger partial charge on any atom is 0.229 e. The molecule has 2 aromatic rings. The largest absolute Gasteiger partial charge is 0.358 e. The minimum absolute atomic E-state index is 0.0705. The number of carbonyl (C=O) groups is 1. The van der Waals surface area contributed by atoms with Gasteiger partial charge in [0.25, 0.3) is 0 Å². The highest BCUT2D eigenvalue weighted by Crippen LogP contribution is 2.25. The Labute approximate surface area is 122 Å². The number of carbonyl (C=O) groups excluding carboxylic acids is 1. The van der Waals surface area contributed by atoms with Crippen molar-refractivity contribution in [2.45, 2.75) is 6.42 Å². The molecule has 1 aliphatic heterocycles. The van der Waals surface area contributed by atoms with Gasteiger partial charge in [0.1, 0.15) is 5.82 Å². The lowest BCUT2D eigenvalue weighted by Crippen LogP contribution is -2.29. The van der Waals surface area contributed by atoms with Crippen LogP contribution in [0.5, 0.6) is 0 Å². The summed E-state index contributed by atoms with van der Waals surface area (Å²) in [6, 6.07) is 9.15. The van der Waals surface area contributed by atoms with Crippen LogP contribution in [0.1, 0.15) is 22.3 Å². The summed E-state index contributed by atoms with van der Waals surface area (Å²) < 4.78 is 0. The van der Waals surface area contributed by atoms with Crippen molar-refractivity contribution < 1.29 is 4.79 Å². The van der Waals surface area contributed by atoms with Gasteiger partial charge < -0.3 is 10.2 Å². The summed E-state index contributed by atoms with van der Waals surface area (Å²) in [5, 5.41) is 11.9. The molecule has 0 spiro atoms. The molecule has 1 aromatic heterocycles. The van der Waals surface area contributed by atoms with E-state index in [2.05, 4.69) is 21.4 Å². The maximum absolute atomic E-state index is 11.8. The smallest absolute Gasteiger partial charge is 0.229 e. The van der Waals surface area contributed by atoms with Crippen molar-refractivity contribution in [2.24, 2.45) is 0 Å². The second-order valence-electron chi connectivity index (χ2n) is 4.84. The highest BCUT2D eigenvalue weighted by Gasteiger charge is 2.23. The summed E-state index contributed by atoms with van der Waals surface area (Å²) in [5.41, 5.74) is 1.85. The SMILES string of the molecule is CN1CCC(=O)c2cnc(Nc3cccc(C#N)c3)nc21. The summed E-state index contributed by atoms with van der Waals surface area (Å²) in [5.74, 6) is 1.12. The third-order valence-electron chi connectivity index (χ3n) is 3.35. The van der Waals surface area contributed by atoms with Crippen molar-refractivity contribution in [3.8, 4) is 6.07 Å². The van der Waals surface area contributed by atoms with Crippen LogP contribution in [0.25, 0.3) is 0 Å². The van der Waals surface area contributed by atoms with Crippen LogP contribution in [0.2, 0.25) is 0 Å².